The average molecular weight is 647 g/mol. The maximum absolute atomic E-state index is 13.9. The standard InChI is InChI=1S/C32H34N6O7S/c1-9-16-36(17-10-2)28(15-7)45-31(43)32(34,37(18-11-3)19-12-4)26(22-27(33)41)44-30(42)29(25(40)23-46-24(8)39)35-38(20-13-5)21-14-6/h1-7,26,28-29,35H,16-23,34H2,8H3,(H2,33,41). The van der Waals surface area contributed by atoms with Crippen molar-refractivity contribution in [1.29, 1.82) is 0 Å². The van der Waals surface area contributed by atoms with Gasteiger partial charge in [0.25, 0.3) is 0 Å². The van der Waals surface area contributed by atoms with Crippen molar-refractivity contribution in [2.24, 2.45) is 11.5 Å². The van der Waals surface area contributed by atoms with E-state index in [0.717, 1.165) is 4.90 Å². The number of terminal acetylenes is 7. The lowest BCUT2D eigenvalue weighted by atomic mass is 9.97. The first-order valence-electron chi connectivity index (χ1n) is 13.0. The highest BCUT2D eigenvalue weighted by Crippen LogP contribution is 2.24. The summed E-state index contributed by atoms with van der Waals surface area (Å²) < 4.78 is 11.0. The zero-order chi connectivity index (χ0) is 35.3. The number of amides is 1. The lowest BCUT2D eigenvalue weighted by Crippen LogP contribution is -2.71. The molecule has 0 aliphatic rings. The molecule has 4 atom stereocenters. The third-order valence-electron chi connectivity index (χ3n) is 5.68. The Balaban J connectivity index is 7.09. The number of rotatable bonds is 20. The third kappa shape index (κ3) is 12.8. The van der Waals surface area contributed by atoms with Crippen LogP contribution in [-0.2, 0) is 33.4 Å². The minimum absolute atomic E-state index is 0.151. The topological polar surface area (TPSA) is 178 Å². The fraction of sp³-hybridized carbons (Fsp3) is 0.406. The van der Waals surface area contributed by atoms with Gasteiger partial charge in [-0.15, -0.1) is 45.0 Å². The van der Waals surface area contributed by atoms with E-state index >= 15 is 0 Å². The zero-order valence-corrected chi connectivity index (χ0v) is 26.0. The highest BCUT2D eigenvalue weighted by molar-refractivity contribution is 8.14. The number of carbonyl (C=O) groups is 5. The number of ether oxygens (including phenoxy) is 2. The molecular formula is C32H34N6O7S. The minimum Gasteiger partial charge on any atom is -0.456 e. The van der Waals surface area contributed by atoms with Crippen LogP contribution in [0.25, 0.3) is 0 Å². The molecule has 0 heterocycles. The zero-order valence-electron chi connectivity index (χ0n) is 25.2. The summed E-state index contributed by atoms with van der Waals surface area (Å²) in [5.41, 5.74) is 12.0. The molecule has 46 heavy (non-hydrogen) atoms. The molecule has 13 nitrogen and oxygen atoms in total. The lowest BCUT2D eigenvalue weighted by molar-refractivity contribution is -0.184. The van der Waals surface area contributed by atoms with Crippen molar-refractivity contribution < 1.29 is 33.4 Å². The number of hydrogen-bond acceptors (Lipinski definition) is 13. The number of ketones is 1. The van der Waals surface area contributed by atoms with E-state index in [-0.39, 0.29) is 26.2 Å². The Morgan fingerprint density at radius 2 is 1.33 bits per heavy atom. The largest absolute Gasteiger partial charge is 0.456 e. The molecule has 5 N–H and O–H groups in total. The SMILES string of the molecule is C#CCN(CC#C)NC(C(=O)CSC(C)=O)C(=O)OC(CC(N)=O)C(N)(C(=O)OC(C#C)N(CC#C)CC#C)N(CC#C)CC#C. The smallest absolute Gasteiger partial charge is 0.347 e. The van der Waals surface area contributed by atoms with Gasteiger partial charge in [-0.25, -0.2) is 24.9 Å². The van der Waals surface area contributed by atoms with Crippen LogP contribution in [0.1, 0.15) is 13.3 Å². The van der Waals surface area contributed by atoms with Crippen LogP contribution in [0, 0.1) is 86.4 Å². The number of primary amides is 1. The van der Waals surface area contributed by atoms with Gasteiger partial charge in [0.15, 0.2) is 23.0 Å². The van der Waals surface area contributed by atoms with Gasteiger partial charge in [0.1, 0.15) is 0 Å². The fourth-order valence-corrected chi connectivity index (χ4v) is 4.12. The molecule has 0 saturated carbocycles. The summed E-state index contributed by atoms with van der Waals surface area (Å²) >= 11 is 0.605. The van der Waals surface area contributed by atoms with E-state index in [1.54, 1.807) is 0 Å². The van der Waals surface area contributed by atoms with E-state index in [4.69, 9.17) is 65.9 Å². The molecule has 0 fully saturated rings. The van der Waals surface area contributed by atoms with E-state index in [1.165, 1.54) is 16.8 Å². The summed E-state index contributed by atoms with van der Waals surface area (Å²) in [6, 6.07) is -1.86. The van der Waals surface area contributed by atoms with Crippen LogP contribution in [0.2, 0.25) is 0 Å². The molecule has 1 amide bonds. The minimum atomic E-state index is -2.64. The van der Waals surface area contributed by atoms with Crippen molar-refractivity contribution in [3.05, 3.63) is 0 Å². The van der Waals surface area contributed by atoms with Gasteiger partial charge in [-0.05, 0) is 5.92 Å². The Labute approximate surface area is 274 Å². The van der Waals surface area contributed by atoms with E-state index in [1.807, 2.05) is 0 Å². The molecule has 0 spiro atoms. The van der Waals surface area contributed by atoms with Crippen LogP contribution in [0.5, 0.6) is 0 Å². The monoisotopic (exact) mass is 646 g/mol. The number of hydrazine groups is 1. The van der Waals surface area contributed by atoms with E-state index in [0.29, 0.717) is 11.8 Å². The predicted octanol–water partition coefficient (Wildman–Crippen LogP) is -2.64. The summed E-state index contributed by atoms with van der Waals surface area (Å²) in [5.74, 6) is 10.8. The number of carbonyl (C=O) groups excluding carboxylic acids is 5. The summed E-state index contributed by atoms with van der Waals surface area (Å²) in [4.78, 5) is 66.7. The van der Waals surface area contributed by atoms with Crippen LogP contribution >= 0.6 is 11.8 Å². The summed E-state index contributed by atoms with van der Waals surface area (Å²) in [7, 11) is 0. The molecular weight excluding hydrogens is 612 g/mol. The number of nitrogens with zero attached hydrogens (tertiary/aromatic N) is 3. The second kappa shape index (κ2) is 21.5. The number of nitrogens with two attached hydrogens (primary N) is 2. The molecule has 0 aliphatic carbocycles. The third-order valence-corrected chi connectivity index (χ3v) is 6.52. The van der Waals surface area contributed by atoms with Crippen molar-refractivity contribution >= 4 is 40.5 Å². The maximum Gasteiger partial charge on any atom is 0.347 e. The number of esters is 2. The molecule has 0 aromatic rings. The Bertz CT molecular complexity index is 1380. The molecule has 14 heteroatoms. The van der Waals surface area contributed by atoms with Gasteiger partial charge in [0, 0.05) is 6.92 Å². The van der Waals surface area contributed by atoms with Gasteiger partial charge < -0.3 is 20.9 Å². The van der Waals surface area contributed by atoms with Gasteiger partial charge in [-0.3, -0.25) is 19.3 Å². The van der Waals surface area contributed by atoms with Crippen molar-refractivity contribution in [2.75, 3.05) is 45.0 Å². The molecule has 0 aromatic heterocycles. The Kier molecular flexibility index (Phi) is 19.1. The van der Waals surface area contributed by atoms with Crippen molar-refractivity contribution in [2.45, 2.75) is 37.4 Å². The second-order valence-electron chi connectivity index (χ2n) is 9.00. The van der Waals surface area contributed by atoms with Crippen LogP contribution in [-0.4, -0.2) is 113 Å². The number of hydrogen-bond donors (Lipinski definition) is 3. The van der Waals surface area contributed by atoms with Crippen molar-refractivity contribution in [1.82, 2.24) is 20.2 Å². The van der Waals surface area contributed by atoms with Gasteiger partial charge >= 0.3 is 11.9 Å². The van der Waals surface area contributed by atoms with Gasteiger partial charge in [-0.2, -0.15) is 0 Å². The molecule has 0 saturated heterocycles. The van der Waals surface area contributed by atoms with Gasteiger partial charge in [-0.1, -0.05) is 47.3 Å². The van der Waals surface area contributed by atoms with Crippen LogP contribution in [0.4, 0.5) is 0 Å². The first kappa shape index (κ1) is 40.8. The molecule has 240 valence electrons. The maximum atomic E-state index is 13.9. The Hall–Kier alpha value is -5.18. The summed E-state index contributed by atoms with van der Waals surface area (Å²) in [5, 5.41) is 0.743. The van der Waals surface area contributed by atoms with E-state index < -0.39 is 78.0 Å². The fourth-order valence-electron chi connectivity index (χ4n) is 3.61. The van der Waals surface area contributed by atoms with Crippen molar-refractivity contribution in [3.63, 3.8) is 0 Å². The number of thioether (sulfide) groups is 1. The molecule has 4 unspecified atom stereocenters. The molecule has 0 bridgehead atoms. The average Bonchev–Trinajstić information content (AvgIpc) is 3.00. The van der Waals surface area contributed by atoms with Gasteiger partial charge in [0.2, 0.25) is 17.8 Å². The lowest BCUT2D eigenvalue weighted by Gasteiger charge is -2.42. The molecule has 0 radical (unpaired) electrons. The van der Waals surface area contributed by atoms with E-state index in [2.05, 4.69) is 46.9 Å². The molecule has 0 aromatic carbocycles. The Morgan fingerprint density at radius 1 is 0.826 bits per heavy atom. The molecule has 0 rings (SSSR count). The highest BCUT2D eigenvalue weighted by atomic mass is 32.2. The van der Waals surface area contributed by atoms with E-state index in [9.17, 15) is 24.0 Å². The molecule has 0 aliphatic heterocycles. The predicted molar refractivity (Wildman–Crippen MR) is 172 cm³/mol. The van der Waals surface area contributed by atoms with Crippen LogP contribution in [0.3, 0.4) is 0 Å². The van der Waals surface area contributed by atoms with Crippen LogP contribution in [0.15, 0.2) is 0 Å². The first-order valence-corrected chi connectivity index (χ1v) is 14.0. The number of nitrogens with one attached hydrogen (secondary N) is 1. The summed E-state index contributed by atoms with van der Waals surface area (Å²) in [6.07, 6.45) is 33.7. The normalized spacial score (nSPS) is 13.4. The highest BCUT2D eigenvalue weighted by Gasteiger charge is 2.53. The summed E-state index contributed by atoms with van der Waals surface area (Å²) in [6.45, 7) is -0.302. The van der Waals surface area contributed by atoms with Crippen LogP contribution < -0.4 is 16.9 Å². The van der Waals surface area contributed by atoms with Crippen molar-refractivity contribution in [3.8, 4) is 86.4 Å². The Morgan fingerprint density at radius 3 is 1.74 bits per heavy atom. The second-order valence-corrected chi connectivity index (χ2v) is 10.1. The van der Waals surface area contributed by atoms with Gasteiger partial charge in [0.05, 0.1) is 51.4 Å². The quantitative estimate of drug-likeness (QED) is 0.0412. The number of Topliss-reactive ketones (excluding diaryl/α,β-unsaturated/α-hetero) is 1. The first-order chi connectivity index (χ1) is 21.8.